The fourth-order valence-corrected chi connectivity index (χ4v) is 2.15. The van der Waals surface area contributed by atoms with Crippen LogP contribution in [0.5, 0.6) is 11.5 Å². The van der Waals surface area contributed by atoms with Gasteiger partial charge in [-0.1, -0.05) is 0 Å². The van der Waals surface area contributed by atoms with Crippen LogP contribution in [0.2, 0.25) is 0 Å². The lowest BCUT2D eigenvalue weighted by Crippen LogP contribution is -1.96. The lowest BCUT2D eigenvalue weighted by Gasteiger charge is -2.09. The first-order valence-electron chi connectivity index (χ1n) is 5.74. The maximum absolute atomic E-state index is 13.9. The zero-order valence-electron chi connectivity index (χ0n) is 10.8. The van der Waals surface area contributed by atoms with E-state index in [1.807, 2.05) is 6.07 Å². The van der Waals surface area contributed by atoms with Gasteiger partial charge >= 0.3 is 0 Å². The number of benzene rings is 2. The Morgan fingerprint density at radius 3 is 2.62 bits per heavy atom. The van der Waals surface area contributed by atoms with Gasteiger partial charge in [0.15, 0.2) is 11.6 Å². The molecule has 0 aromatic heterocycles. The molecule has 2 rings (SSSR count). The Labute approximate surface area is 127 Å². The topological polar surface area (TPSA) is 76.2 Å². The van der Waals surface area contributed by atoms with E-state index in [2.05, 4.69) is 15.9 Å². The first-order chi connectivity index (χ1) is 9.92. The van der Waals surface area contributed by atoms with Gasteiger partial charge in [-0.2, -0.15) is 5.26 Å². The normalized spacial score (nSPS) is 10.0. The van der Waals surface area contributed by atoms with Crippen molar-refractivity contribution in [2.75, 3.05) is 0 Å². The van der Waals surface area contributed by atoms with E-state index < -0.39 is 10.7 Å². The number of nitro benzene ring substituents is 1. The van der Waals surface area contributed by atoms with Crippen molar-refractivity contribution >= 4 is 21.6 Å². The molecule has 0 bridgehead atoms. The van der Waals surface area contributed by atoms with E-state index >= 15 is 0 Å². The van der Waals surface area contributed by atoms with Crippen molar-refractivity contribution in [3.8, 4) is 17.6 Å². The van der Waals surface area contributed by atoms with Gasteiger partial charge in [0.1, 0.15) is 5.75 Å². The molecular formula is C14H8BrFN2O3. The number of nitro groups is 1. The lowest BCUT2D eigenvalue weighted by atomic mass is 10.2. The van der Waals surface area contributed by atoms with Crippen LogP contribution < -0.4 is 4.74 Å². The Morgan fingerprint density at radius 1 is 1.33 bits per heavy atom. The molecule has 106 valence electrons. The van der Waals surface area contributed by atoms with E-state index in [-0.39, 0.29) is 11.4 Å². The van der Waals surface area contributed by atoms with Crippen LogP contribution in [0, 0.1) is 34.2 Å². The first kappa shape index (κ1) is 14.9. The Kier molecular flexibility index (Phi) is 4.19. The van der Waals surface area contributed by atoms with Gasteiger partial charge in [-0.05, 0) is 47.1 Å². The first-order valence-corrected chi connectivity index (χ1v) is 6.53. The summed E-state index contributed by atoms with van der Waals surface area (Å²) in [6.07, 6.45) is 0. The van der Waals surface area contributed by atoms with Crippen molar-refractivity contribution in [2.45, 2.75) is 6.92 Å². The number of hydrogen-bond donors (Lipinski definition) is 0. The molecule has 0 aliphatic rings. The zero-order chi connectivity index (χ0) is 15.6. The van der Waals surface area contributed by atoms with Crippen molar-refractivity contribution in [3.63, 3.8) is 0 Å². The second kappa shape index (κ2) is 5.89. The summed E-state index contributed by atoms with van der Waals surface area (Å²) in [5, 5.41) is 19.5. The number of nitriles is 1. The van der Waals surface area contributed by atoms with Gasteiger partial charge in [-0.25, -0.2) is 4.39 Å². The van der Waals surface area contributed by atoms with E-state index in [1.165, 1.54) is 31.2 Å². The highest BCUT2D eigenvalue weighted by atomic mass is 79.9. The summed E-state index contributed by atoms with van der Waals surface area (Å²) in [5.74, 6) is -0.645. The van der Waals surface area contributed by atoms with E-state index in [4.69, 9.17) is 10.00 Å². The van der Waals surface area contributed by atoms with Crippen LogP contribution in [-0.2, 0) is 0 Å². The maximum atomic E-state index is 13.9. The van der Waals surface area contributed by atoms with Crippen molar-refractivity contribution in [1.82, 2.24) is 0 Å². The molecule has 7 heteroatoms. The summed E-state index contributed by atoms with van der Waals surface area (Å²) in [6, 6.07) is 8.62. The predicted octanol–water partition coefficient (Wildman–Crippen LogP) is 4.47. The molecule has 21 heavy (non-hydrogen) atoms. The molecule has 0 N–H and O–H groups in total. The largest absolute Gasteiger partial charge is 0.453 e. The Hall–Kier alpha value is -2.46. The molecule has 0 unspecified atom stereocenters. The average Bonchev–Trinajstić information content (AvgIpc) is 2.44. The second-order valence-corrected chi connectivity index (χ2v) is 5.04. The minimum absolute atomic E-state index is 0.122. The molecule has 0 amide bonds. The fourth-order valence-electron chi connectivity index (χ4n) is 1.69. The van der Waals surface area contributed by atoms with Crippen LogP contribution in [-0.4, -0.2) is 4.92 Å². The minimum atomic E-state index is -0.830. The molecule has 0 fully saturated rings. The standard InChI is InChI=1S/C14H8BrFN2O3/c1-8-4-14(11(16)6-12(8)18(19)20)21-13-3-2-9(7-17)5-10(13)15/h2-6H,1H3. The number of hydrogen-bond acceptors (Lipinski definition) is 4. The summed E-state index contributed by atoms with van der Waals surface area (Å²) in [4.78, 5) is 10.1. The second-order valence-electron chi connectivity index (χ2n) is 4.19. The van der Waals surface area contributed by atoms with Crippen molar-refractivity contribution < 1.29 is 14.1 Å². The van der Waals surface area contributed by atoms with Crippen LogP contribution in [0.1, 0.15) is 11.1 Å². The molecule has 0 aliphatic heterocycles. The summed E-state index contributed by atoms with van der Waals surface area (Å²) in [7, 11) is 0. The van der Waals surface area contributed by atoms with Crippen LogP contribution in [0.4, 0.5) is 10.1 Å². The highest BCUT2D eigenvalue weighted by Gasteiger charge is 2.17. The third-order valence-corrected chi connectivity index (χ3v) is 3.35. The Morgan fingerprint density at radius 2 is 2.05 bits per heavy atom. The molecule has 0 radical (unpaired) electrons. The molecule has 0 atom stereocenters. The van der Waals surface area contributed by atoms with Gasteiger partial charge in [-0.3, -0.25) is 10.1 Å². The number of ether oxygens (including phenoxy) is 1. The number of aryl methyl sites for hydroxylation is 1. The third kappa shape index (κ3) is 3.17. The maximum Gasteiger partial charge on any atom is 0.275 e. The van der Waals surface area contributed by atoms with Crippen molar-refractivity contribution in [3.05, 3.63) is 61.9 Å². The summed E-state index contributed by atoms with van der Waals surface area (Å²) in [6.45, 7) is 1.50. The van der Waals surface area contributed by atoms with E-state index in [0.717, 1.165) is 6.07 Å². The van der Waals surface area contributed by atoms with Crippen LogP contribution in [0.15, 0.2) is 34.8 Å². The van der Waals surface area contributed by atoms with Gasteiger partial charge in [0.25, 0.3) is 5.69 Å². The Bertz CT molecular complexity index is 772. The van der Waals surface area contributed by atoms with Gasteiger partial charge in [0.2, 0.25) is 0 Å². The van der Waals surface area contributed by atoms with Crippen LogP contribution in [0.25, 0.3) is 0 Å². The van der Waals surface area contributed by atoms with Gasteiger partial charge < -0.3 is 4.74 Å². The molecule has 5 nitrogen and oxygen atoms in total. The average molecular weight is 351 g/mol. The molecule has 0 aliphatic carbocycles. The summed E-state index contributed by atoms with van der Waals surface area (Å²) in [5.41, 5.74) is 0.412. The highest BCUT2D eigenvalue weighted by Crippen LogP contribution is 2.34. The summed E-state index contributed by atoms with van der Waals surface area (Å²) >= 11 is 3.22. The molecule has 2 aromatic carbocycles. The van der Waals surface area contributed by atoms with E-state index in [9.17, 15) is 14.5 Å². The van der Waals surface area contributed by atoms with Crippen molar-refractivity contribution in [1.29, 1.82) is 5.26 Å². The van der Waals surface area contributed by atoms with E-state index in [0.29, 0.717) is 21.3 Å². The van der Waals surface area contributed by atoms with Gasteiger partial charge in [0, 0.05) is 5.56 Å². The monoisotopic (exact) mass is 350 g/mol. The highest BCUT2D eigenvalue weighted by molar-refractivity contribution is 9.10. The molecule has 0 spiro atoms. The van der Waals surface area contributed by atoms with Gasteiger partial charge in [0.05, 0.1) is 27.1 Å². The molecule has 0 saturated heterocycles. The molecule has 0 saturated carbocycles. The predicted molar refractivity (Wildman–Crippen MR) is 76.7 cm³/mol. The number of rotatable bonds is 3. The van der Waals surface area contributed by atoms with Gasteiger partial charge in [-0.15, -0.1) is 0 Å². The molecular weight excluding hydrogens is 343 g/mol. The van der Waals surface area contributed by atoms with Crippen LogP contribution >= 0.6 is 15.9 Å². The quantitative estimate of drug-likeness (QED) is 0.604. The molecule has 0 heterocycles. The smallest absolute Gasteiger partial charge is 0.275 e. The Balaban J connectivity index is 2.39. The van der Waals surface area contributed by atoms with Crippen LogP contribution in [0.3, 0.4) is 0 Å². The van der Waals surface area contributed by atoms with Crippen molar-refractivity contribution in [2.24, 2.45) is 0 Å². The lowest BCUT2D eigenvalue weighted by molar-refractivity contribution is -0.385. The van der Waals surface area contributed by atoms with E-state index in [1.54, 1.807) is 0 Å². The fraction of sp³-hybridized carbons (Fsp3) is 0.0714. The number of halogens is 2. The summed E-state index contributed by atoms with van der Waals surface area (Å²) < 4.78 is 19.7. The minimum Gasteiger partial charge on any atom is -0.453 e. The number of nitrogens with zero attached hydrogens (tertiary/aromatic N) is 2. The molecule has 2 aromatic rings. The third-order valence-electron chi connectivity index (χ3n) is 2.73. The zero-order valence-corrected chi connectivity index (χ0v) is 12.3. The SMILES string of the molecule is Cc1cc(Oc2ccc(C#N)cc2Br)c(F)cc1[N+](=O)[O-].